The van der Waals surface area contributed by atoms with Crippen LogP contribution in [0.3, 0.4) is 0 Å². The van der Waals surface area contributed by atoms with E-state index >= 15 is 0 Å². The molecule has 0 unspecified atom stereocenters. The number of nitrogens with zero attached hydrogens (tertiary/aromatic N) is 2. The van der Waals surface area contributed by atoms with Crippen LogP contribution in [0.25, 0.3) is 11.0 Å². The van der Waals surface area contributed by atoms with Crippen LogP contribution in [0.2, 0.25) is 0 Å². The van der Waals surface area contributed by atoms with E-state index in [0.29, 0.717) is 33.9 Å². The number of fused-ring (bicyclic) bond motifs is 1. The molecule has 1 heterocycles. The van der Waals surface area contributed by atoms with Gasteiger partial charge in [-0.05, 0) is 42.5 Å². The molecule has 0 aliphatic carbocycles. The van der Waals surface area contributed by atoms with Gasteiger partial charge in [-0.3, -0.25) is 4.72 Å². The number of rotatable bonds is 7. The minimum Gasteiger partial charge on any atom is -0.497 e. The zero-order chi connectivity index (χ0) is 22.7. The van der Waals surface area contributed by atoms with E-state index in [2.05, 4.69) is 20.0 Å². The predicted octanol–water partition coefficient (Wildman–Crippen LogP) is 3.77. The minimum absolute atomic E-state index is 0.0115. The van der Waals surface area contributed by atoms with Crippen molar-refractivity contribution in [3.05, 3.63) is 66.7 Å². The summed E-state index contributed by atoms with van der Waals surface area (Å²) in [6.07, 6.45) is 0. The lowest BCUT2D eigenvalue weighted by atomic mass is 10.2. The number of hydrogen-bond acceptors (Lipinski definition) is 8. The predicted molar refractivity (Wildman–Crippen MR) is 124 cm³/mol. The molecule has 9 nitrogen and oxygen atoms in total. The fourth-order valence-corrected chi connectivity index (χ4v) is 4.13. The van der Waals surface area contributed by atoms with Gasteiger partial charge >= 0.3 is 0 Å². The lowest BCUT2D eigenvalue weighted by Gasteiger charge is -2.16. The lowest BCUT2D eigenvalue weighted by Crippen LogP contribution is -2.16. The molecule has 0 aliphatic heterocycles. The van der Waals surface area contributed by atoms with Gasteiger partial charge in [-0.1, -0.05) is 18.2 Å². The molecule has 0 saturated carbocycles. The maximum absolute atomic E-state index is 13.0. The van der Waals surface area contributed by atoms with E-state index in [1.54, 1.807) is 55.6 Å². The van der Waals surface area contributed by atoms with Gasteiger partial charge in [-0.2, -0.15) is 0 Å². The fraction of sp³-hybridized carbons (Fsp3) is 0.0909. The van der Waals surface area contributed by atoms with E-state index in [1.165, 1.54) is 19.2 Å². The number of nitrogens with two attached hydrogens (primary N) is 1. The van der Waals surface area contributed by atoms with E-state index in [4.69, 9.17) is 15.2 Å². The molecular weight excluding hydrogens is 430 g/mol. The number of nitrogens with one attached hydrogen (secondary N) is 2. The number of anilines is 4. The van der Waals surface area contributed by atoms with Crippen molar-refractivity contribution in [3.63, 3.8) is 0 Å². The first-order valence-electron chi connectivity index (χ1n) is 9.54. The number of benzene rings is 3. The Morgan fingerprint density at radius 2 is 1.56 bits per heavy atom. The van der Waals surface area contributed by atoms with Gasteiger partial charge < -0.3 is 20.5 Å². The maximum Gasteiger partial charge on any atom is 0.263 e. The molecule has 1 aromatic heterocycles. The first-order chi connectivity index (χ1) is 15.4. The second-order valence-corrected chi connectivity index (χ2v) is 8.46. The second-order valence-electron chi connectivity index (χ2n) is 6.78. The Morgan fingerprint density at radius 1 is 0.844 bits per heavy atom. The van der Waals surface area contributed by atoms with Gasteiger partial charge in [-0.25, -0.2) is 18.4 Å². The summed E-state index contributed by atoms with van der Waals surface area (Å²) in [5, 5.41) is 3.11. The largest absolute Gasteiger partial charge is 0.497 e. The van der Waals surface area contributed by atoms with Gasteiger partial charge in [0.25, 0.3) is 10.0 Å². The third-order valence-electron chi connectivity index (χ3n) is 4.63. The number of hydrogen-bond donors (Lipinski definition) is 3. The van der Waals surface area contributed by atoms with Crippen molar-refractivity contribution in [2.75, 3.05) is 30.0 Å². The Labute approximate surface area is 185 Å². The number of ether oxygens (including phenoxy) is 2. The summed E-state index contributed by atoms with van der Waals surface area (Å²) in [7, 11) is -0.898. The van der Waals surface area contributed by atoms with Gasteiger partial charge in [0.15, 0.2) is 11.6 Å². The standard InChI is InChI=1S/C22H21N5O4S/c1-30-15-10-11-20(31-2)19(13-15)26-21-22(25-18-9-4-3-8-17(18)24-21)27-32(28,29)16-7-5-6-14(23)12-16/h3-13H,23H2,1-2H3,(H,24,26)(H,25,27). The number of para-hydroxylation sites is 2. The monoisotopic (exact) mass is 451 g/mol. The smallest absolute Gasteiger partial charge is 0.263 e. The summed E-state index contributed by atoms with van der Waals surface area (Å²) in [4.78, 5) is 9.07. The second kappa shape index (κ2) is 8.60. The molecule has 0 spiro atoms. The Balaban J connectivity index is 1.81. The third-order valence-corrected chi connectivity index (χ3v) is 5.97. The molecule has 3 aromatic carbocycles. The van der Waals surface area contributed by atoms with Crippen molar-refractivity contribution >= 4 is 44.1 Å². The summed E-state index contributed by atoms with van der Waals surface area (Å²) >= 11 is 0. The van der Waals surface area contributed by atoms with Crippen LogP contribution in [-0.4, -0.2) is 32.6 Å². The van der Waals surface area contributed by atoms with Crippen LogP contribution >= 0.6 is 0 Å². The molecule has 4 aromatic rings. The fourth-order valence-electron chi connectivity index (χ4n) is 3.07. The van der Waals surface area contributed by atoms with Crippen molar-refractivity contribution < 1.29 is 17.9 Å². The molecule has 0 atom stereocenters. The van der Waals surface area contributed by atoms with Crippen LogP contribution in [0.5, 0.6) is 11.5 Å². The molecule has 10 heteroatoms. The van der Waals surface area contributed by atoms with E-state index < -0.39 is 10.0 Å². The molecule has 164 valence electrons. The normalized spacial score (nSPS) is 11.2. The molecule has 0 radical (unpaired) electrons. The van der Waals surface area contributed by atoms with E-state index in [1.807, 2.05) is 6.07 Å². The SMILES string of the molecule is COc1ccc(OC)c(Nc2nc3ccccc3nc2NS(=O)(=O)c2cccc(N)c2)c1. The quantitative estimate of drug-likeness (QED) is 0.362. The highest BCUT2D eigenvalue weighted by Crippen LogP contribution is 2.34. The van der Waals surface area contributed by atoms with Crippen molar-refractivity contribution in [2.45, 2.75) is 4.90 Å². The number of nitrogen functional groups attached to an aromatic ring is 1. The first kappa shape index (κ1) is 21.2. The number of aromatic nitrogens is 2. The molecule has 0 saturated heterocycles. The molecule has 0 amide bonds. The average Bonchev–Trinajstić information content (AvgIpc) is 2.79. The highest BCUT2D eigenvalue weighted by Gasteiger charge is 2.20. The maximum atomic E-state index is 13.0. The van der Waals surface area contributed by atoms with Crippen LogP contribution in [0.15, 0.2) is 71.6 Å². The Bertz CT molecular complexity index is 1390. The van der Waals surface area contributed by atoms with Crippen molar-refractivity contribution in [2.24, 2.45) is 0 Å². The molecule has 0 aliphatic rings. The summed E-state index contributed by atoms with van der Waals surface area (Å²) in [5.74, 6) is 1.33. The van der Waals surface area contributed by atoms with Crippen LogP contribution < -0.4 is 25.2 Å². The van der Waals surface area contributed by atoms with Crippen LogP contribution in [0.4, 0.5) is 23.0 Å². The van der Waals surface area contributed by atoms with Gasteiger partial charge in [-0.15, -0.1) is 0 Å². The van der Waals surface area contributed by atoms with Crippen molar-refractivity contribution in [1.29, 1.82) is 0 Å². The van der Waals surface area contributed by atoms with Crippen molar-refractivity contribution in [3.8, 4) is 11.5 Å². The Morgan fingerprint density at radius 3 is 2.22 bits per heavy atom. The molecular formula is C22H21N5O4S. The third kappa shape index (κ3) is 4.35. The average molecular weight is 452 g/mol. The van der Waals surface area contributed by atoms with Gasteiger partial charge in [0.2, 0.25) is 0 Å². The topological polar surface area (TPSA) is 128 Å². The molecule has 4 N–H and O–H groups in total. The molecule has 0 bridgehead atoms. The molecule has 0 fully saturated rings. The van der Waals surface area contributed by atoms with E-state index in [-0.39, 0.29) is 16.5 Å². The molecule has 32 heavy (non-hydrogen) atoms. The number of sulfonamides is 1. The molecule has 4 rings (SSSR count). The van der Waals surface area contributed by atoms with Crippen LogP contribution in [0.1, 0.15) is 0 Å². The van der Waals surface area contributed by atoms with E-state index in [0.717, 1.165) is 0 Å². The summed E-state index contributed by atoms with van der Waals surface area (Å²) in [5.41, 5.74) is 7.73. The Hall–Kier alpha value is -4.05. The van der Waals surface area contributed by atoms with Crippen LogP contribution in [0, 0.1) is 0 Å². The minimum atomic E-state index is -3.98. The van der Waals surface area contributed by atoms with Gasteiger partial charge in [0, 0.05) is 11.8 Å². The van der Waals surface area contributed by atoms with Gasteiger partial charge in [0.1, 0.15) is 11.5 Å². The summed E-state index contributed by atoms with van der Waals surface area (Å²) < 4.78 is 39.2. The van der Waals surface area contributed by atoms with E-state index in [9.17, 15) is 8.42 Å². The lowest BCUT2D eigenvalue weighted by molar-refractivity contribution is 0.405. The summed E-state index contributed by atoms with van der Waals surface area (Å²) in [6, 6.07) is 18.3. The highest BCUT2D eigenvalue weighted by molar-refractivity contribution is 7.92. The van der Waals surface area contributed by atoms with Crippen LogP contribution in [-0.2, 0) is 10.0 Å². The zero-order valence-electron chi connectivity index (χ0n) is 17.4. The first-order valence-corrected chi connectivity index (χ1v) is 11.0. The zero-order valence-corrected chi connectivity index (χ0v) is 18.2. The Kier molecular flexibility index (Phi) is 5.69. The highest BCUT2D eigenvalue weighted by atomic mass is 32.2. The van der Waals surface area contributed by atoms with Gasteiger partial charge in [0.05, 0.1) is 35.8 Å². The van der Waals surface area contributed by atoms with Crippen molar-refractivity contribution in [1.82, 2.24) is 9.97 Å². The number of methoxy groups -OCH3 is 2. The summed E-state index contributed by atoms with van der Waals surface area (Å²) in [6.45, 7) is 0.